The third kappa shape index (κ3) is 3.39. The Kier molecular flexibility index (Phi) is 3.89. The Hall–Kier alpha value is -1.31. The van der Waals surface area contributed by atoms with Gasteiger partial charge in [0.2, 0.25) is 0 Å². The molecule has 0 saturated carbocycles. The van der Waals surface area contributed by atoms with Crippen LogP contribution in [0.25, 0.3) is 0 Å². The fourth-order valence-corrected chi connectivity index (χ4v) is 1.34. The van der Waals surface area contributed by atoms with E-state index in [1.165, 1.54) is 5.56 Å². The molecule has 0 N–H and O–H groups in total. The molecule has 0 unspecified atom stereocenters. The first kappa shape index (κ1) is 11.8. The molecule has 0 heterocycles. The second kappa shape index (κ2) is 4.96. The largest absolute Gasteiger partial charge is 0.465 e. The Balaban J connectivity index is 2.63. The molecule has 2 nitrogen and oxygen atoms in total. The summed E-state index contributed by atoms with van der Waals surface area (Å²) in [5.41, 5.74) is 1.07. The molecule has 1 rings (SSSR count). The second-order valence-electron chi connectivity index (χ2n) is 4.26. The van der Waals surface area contributed by atoms with E-state index in [1.807, 2.05) is 18.2 Å². The highest BCUT2D eigenvalue weighted by Crippen LogP contribution is 2.23. The molecule has 0 aliphatic heterocycles. The third-order valence-corrected chi connectivity index (χ3v) is 2.44. The summed E-state index contributed by atoms with van der Waals surface area (Å²) in [7, 11) is 0. The summed E-state index contributed by atoms with van der Waals surface area (Å²) >= 11 is 0. The van der Waals surface area contributed by atoms with Crippen LogP contribution in [0.4, 0.5) is 0 Å². The van der Waals surface area contributed by atoms with E-state index in [-0.39, 0.29) is 11.4 Å². The number of benzene rings is 1. The normalized spacial score (nSPS) is 11.1. The van der Waals surface area contributed by atoms with Gasteiger partial charge < -0.3 is 4.74 Å². The zero-order chi connectivity index (χ0) is 11.3. The van der Waals surface area contributed by atoms with Crippen LogP contribution < -0.4 is 0 Å². The first-order valence-electron chi connectivity index (χ1n) is 5.27. The summed E-state index contributed by atoms with van der Waals surface area (Å²) in [6.07, 6.45) is 0.435. The topological polar surface area (TPSA) is 26.3 Å². The summed E-state index contributed by atoms with van der Waals surface area (Å²) in [5, 5.41) is 0. The Morgan fingerprint density at radius 2 is 1.87 bits per heavy atom. The van der Waals surface area contributed by atoms with Crippen molar-refractivity contribution in [2.45, 2.75) is 32.6 Å². The van der Waals surface area contributed by atoms with Crippen molar-refractivity contribution in [2.75, 3.05) is 6.61 Å². The molecule has 0 aliphatic carbocycles. The van der Waals surface area contributed by atoms with Crippen LogP contribution in [0.15, 0.2) is 30.3 Å². The zero-order valence-corrected chi connectivity index (χ0v) is 9.62. The lowest BCUT2D eigenvalue weighted by molar-refractivity contribution is -0.144. The summed E-state index contributed by atoms with van der Waals surface area (Å²) in [6, 6.07) is 10.1. The molecule has 0 aromatic heterocycles. The highest BCUT2D eigenvalue weighted by molar-refractivity contribution is 5.68. The van der Waals surface area contributed by atoms with E-state index in [9.17, 15) is 4.79 Å². The standard InChI is InChI=1S/C13H18O2/c1-4-12(14)15-10-13(2,3)11-8-6-5-7-9-11/h5-9H,4,10H2,1-3H3. The Morgan fingerprint density at radius 1 is 1.27 bits per heavy atom. The van der Waals surface area contributed by atoms with Gasteiger partial charge in [0.25, 0.3) is 0 Å². The maximum Gasteiger partial charge on any atom is 0.305 e. The van der Waals surface area contributed by atoms with Gasteiger partial charge in [0.15, 0.2) is 0 Å². The van der Waals surface area contributed by atoms with Gasteiger partial charge in [-0.15, -0.1) is 0 Å². The lowest BCUT2D eigenvalue weighted by Gasteiger charge is -2.24. The number of hydrogen-bond donors (Lipinski definition) is 0. The molecule has 0 fully saturated rings. The Morgan fingerprint density at radius 3 is 2.40 bits per heavy atom. The fraction of sp³-hybridized carbons (Fsp3) is 0.462. The van der Waals surface area contributed by atoms with Crippen molar-refractivity contribution in [1.29, 1.82) is 0 Å². The summed E-state index contributed by atoms with van der Waals surface area (Å²) in [5.74, 6) is -0.140. The third-order valence-electron chi connectivity index (χ3n) is 2.44. The van der Waals surface area contributed by atoms with Gasteiger partial charge in [-0.25, -0.2) is 0 Å². The van der Waals surface area contributed by atoms with Crippen LogP contribution in [-0.2, 0) is 14.9 Å². The van der Waals surface area contributed by atoms with Gasteiger partial charge in [-0.2, -0.15) is 0 Å². The highest BCUT2D eigenvalue weighted by atomic mass is 16.5. The van der Waals surface area contributed by atoms with E-state index in [0.29, 0.717) is 13.0 Å². The molecule has 0 amide bonds. The zero-order valence-electron chi connectivity index (χ0n) is 9.62. The SMILES string of the molecule is CCC(=O)OCC(C)(C)c1ccccc1. The van der Waals surface area contributed by atoms with Crippen molar-refractivity contribution in [1.82, 2.24) is 0 Å². The van der Waals surface area contributed by atoms with Gasteiger partial charge in [-0.3, -0.25) is 4.79 Å². The molecule has 0 radical (unpaired) electrons. The van der Waals surface area contributed by atoms with Crippen molar-refractivity contribution in [3.8, 4) is 0 Å². The number of hydrogen-bond acceptors (Lipinski definition) is 2. The molecule has 15 heavy (non-hydrogen) atoms. The molecule has 0 spiro atoms. The smallest absolute Gasteiger partial charge is 0.305 e. The van der Waals surface area contributed by atoms with Crippen LogP contribution in [0.5, 0.6) is 0 Å². The summed E-state index contributed by atoms with van der Waals surface area (Å²) in [4.78, 5) is 11.1. The predicted molar refractivity (Wildman–Crippen MR) is 60.7 cm³/mol. The van der Waals surface area contributed by atoms with Crippen LogP contribution in [0, 0.1) is 0 Å². The van der Waals surface area contributed by atoms with E-state index in [4.69, 9.17) is 4.74 Å². The highest BCUT2D eigenvalue weighted by Gasteiger charge is 2.21. The van der Waals surface area contributed by atoms with Crippen molar-refractivity contribution >= 4 is 5.97 Å². The van der Waals surface area contributed by atoms with Crippen molar-refractivity contribution in [3.63, 3.8) is 0 Å². The minimum atomic E-state index is -0.140. The molecule has 2 heteroatoms. The van der Waals surface area contributed by atoms with Crippen molar-refractivity contribution in [3.05, 3.63) is 35.9 Å². The number of esters is 1. The summed E-state index contributed by atoms with van der Waals surface area (Å²) in [6.45, 7) is 6.39. The molecule has 0 saturated heterocycles. The van der Waals surface area contributed by atoms with Crippen molar-refractivity contribution in [2.24, 2.45) is 0 Å². The maximum absolute atomic E-state index is 11.1. The van der Waals surface area contributed by atoms with Crippen LogP contribution in [-0.4, -0.2) is 12.6 Å². The van der Waals surface area contributed by atoms with E-state index >= 15 is 0 Å². The average molecular weight is 206 g/mol. The van der Waals surface area contributed by atoms with E-state index < -0.39 is 0 Å². The van der Waals surface area contributed by atoms with E-state index in [0.717, 1.165) is 0 Å². The van der Waals surface area contributed by atoms with Gasteiger partial charge >= 0.3 is 5.97 Å². The van der Waals surface area contributed by atoms with Crippen LogP contribution in [0.3, 0.4) is 0 Å². The van der Waals surface area contributed by atoms with Crippen molar-refractivity contribution < 1.29 is 9.53 Å². The number of ether oxygens (including phenoxy) is 1. The van der Waals surface area contributed by atoms with E-state index in [2.05, 4.69) is 26.0 Å². The van der Waals surface area contributed by atoms with Gasteiger partial charge in [-0.1, -0.05) is 51.1 Å². The minimum absolute atomic E-state index is 0.119. The summed E-state index contributed by atoms with van der Waals surface area (Å²) < 4.78 is 5.17. The molecule has 0 bridgehead atoms. The lowest BCUT2D eigenvalue weighted by Crippen LogP contribution is -2.26. The molecular formula is C13H18O2. The quantitative estimate of drug-likeness (QED) is 0.708. The Bertz CT molecular complexity index is 315. The van der Waals surface area contributed by atoms with Gasteiger partial charge in [0, 0.05) is 11.8 Å². The van der Waals surface area contributed by atoms with E-state index in [1.54, 1.807) is 6.92 Å². The lowest BCUT2D eigenvalue weighted by atomic mass is 9.86. The molecular weight excluding hydrogens is 188 g/mol. The van der Waals surface area contributed by atoms with Crippen LogP contribution in [0.2, 0.25) is 0 Å². The Labute approximate surface area is 91.3 Å². The fourth-order valence-electron chi connectivity index (χ4n) is 1.34. The molecule has 82 valence electrons. The predicted octanol–water partition coefficient (Wildman–Crippen LogP) is 2.92. The molecule has 1 aromatic rings. The molecule has 1 aromatic carbocycles. The molecule has 0 aliphatic rings. The van der Waals surface area contributed by atoms with Gasteiger partial charge in [0.1, 0.15) is 6.61 Å². The van der Waals surface area contributed by atoms with Gasteiger partial charge in [-0.05, 0) is 5.56 Å². The first-order chi connectivity index (χ1) is 7.06. The van der Waals surface area contributed by atoms with Crippen LogP contribution in [0.1, 0.15) is 32.8 Å². The number of carbonyl (C=O) groups is 1. The minimum Gasteiger partial charge on any atom is -0.465 e. The number of carbonyl (C=O) groups excluding carboxylic acids is 1. The molecule has 0 atom stereocenters. The monoisotopic (exact) mass is 206 g/mol. The van der Waals surface area contributed by atoms with Gasteiger partial charge in [0.05, 0.1) is 0 Å². The second-order valence-corrected chi connectivity index (χ2v) is 4.26. The number of rotatable bonds is 4. The first-order valence-corrected chi connectivity index (χ1v) is 5.27. The maximum atomic E-state index is 11.1. The average Bonchev–Trinajstić information content (AvgIpc) is 2.27. The van der Waals surface area contributed by atoms with Crippen LogP contribution >= 0.6 is 0 Å².